The Bertz CT molecular complexity index is 650. The smallest absolute Gasteiger partial charge is 0.261 e. The summed E-state index contributed by atoms with van der Waals surface area (Å²) < 4.78 is 10.9. The lowest BCUT2D eigenvalue weighted by Crippen LogP contribution is -2.38. The molecule has 1 amide bonds. The largest absolute Gasteiger partial charge is 0.497 e. The van der Waals surface area contributed by atoms with E-state index in [2.05, 4.69) is 5.32 Å². The first-order valence-corrected chi connectivity index (χ1v) is 8.21. The molecule has 2 rings (SSSR count). The van der Waals surface area contributed by atoms with E-state index in [9.17, 15) is 4.79 Å². The Kier molecular flexibility index (Phi) is 6.24. The highest BCUT2D eigenvalue weighted by molar-refractivity contribution is 5.81. The van der Waals surface area contributed by atoms with Gasteiger partial charge >= 0.3 is 0 Å². The van der Waals surface area contributed by atoms with Crippen LogP contribution in [0.25, 0.3) is 0 Å². The second-order valence-corrected chi connectivity index (χ2v) is 5.82. The van der Waals surface area contributed by atoms with Gasteiger partial charge in [0.25, 0.3) is 5.91 Å². The molecule has 4 nitrogen and oxygen atoms in total. The zero-order valence-electron chi connectivity index (χ0n) is 14.7. The highest BCUT2D eigenvalue weighted by atomic mass is 16.5. The van der Waals surface area contributed by atoms with E-state index in [-0.39, 0.29) is 11.9 Å². The fourth-order valence-electron chi connectivity index (χ4n) is 2.42. The summed E-state index contributed by atoms with van der Waals surface area (Å²) in [5.74, 6) is 1.37. The Hall–Kier alpha value is -2.49. The van der Waals surface area contributed by atoms with Crippen LogP contribution in [0.15, 0.2) is 48.5 Å². The Balaban J connectivity index is 1.98. The molecular weight excluding hydrogens is 302 g/mol. The number of methoxy groups -OCH3 is 1. The molecule has 0 bridgehead atoms. The van der Waals surface area contributed by atoms with Crippen LogP contribution < -0.4 is 14.8 Å². The normalized spacial score (nSPS) is 13.0. The van der Waals surface area contributed by atoms with Crippen molar-refractivity contribution < 1.29 is 14.3 Å². The van der Waals surface area contributed by atoms with E-state index in [0.717, 1.165) is 23.3 Å². The molecule has 0 aliphatic heterocycles. The van der Waals surface area contributed by atoms with Crippen LogP contribution in [0.4, 0.5) is 0 Å². The first-order valence-electron chi connectivity index (χ1n) is 8.21. The number of amides is 1. The van der Waals surface area contributed by atoms with E-state index in [0.29, 0.717) is 5.75 Å². The number of aryl methyl sites for hydroxylation is 1. The number of ether oxygens (including phenoxy) is 2. The molecule has 0 saturated carbocycles. The number of carbonyl (C=O) groups is 1. The molecule has 4 heteroatoms. The summed E-state index contributed by atoms with van der Waals surface area (Å²) in [5, 5.41) is 3.05. The second-order valence-electron chi connectivity index (χ2n) is 5.82. The third-order valence-electron chi connectivity index (χ3n) is 3.95. The molecule has 2 aromatic rings. The SMILES string of the molecule is CC[C@H](NC(=O)[C@@H](C)Oc1ccc(C)cc1)c1ccc(OC)cc1. The third kappa shape index (κ3) is 4.75. The topological polar surface area (TPSA) is 47.6 Å². The van der Waals surface area contributed by atoms with Gasteiger partial charge in [-0.2, -0.15) is 0 Å². The molecule has 0 unspecified atom stereocenters. The van der Waals surface area contributed by atoms with Gasteiger partial charge in [0.05, 0.1) is 13.2 Å². The summed E-state index contributed by atoms with van der Waals surface area (Å²) in [4.78, 5) is 12.4. The minimum atomic E-state index is -0.556. The molecule has 1 N–H and O–H groups in total. The van der Waals surface area contributed by atoms with Gasteiger partial charge in [0.1, 0.15) is 11.5 Å². The first-order chi connectivity index (χ1) is 11.5. The summed E-state index contributed by atoms with van der Waals surface area (Å²) in [6.45, 7) is 5.82. The van der Waals surface area contributed by atoms with Crippen LogP contribution in [-0.4, -0.2) is 19.1 Å². The molecule has 0 heterocycles. The quantitative estimate of drug-likeness (QED) is 0.835. The van der Waals surface area contributed by atoms with Crippen molar-refractivity contribution in [1.82, 2.24) is 5.32 Å². The predicted octanol–water partition coefficient (Wildman–Crippen LogP) is 4.04. The van der Waals surface area contributed by atoms with E-state index in [1.165, 1.54) is 0 Å². The number of carbonyl (C=O) groups excluding carboxylic acids is 1. The van der Waals surface area contributed by atoms with Gasteiger partial charge in [0, 0.05) is 0 Å². The van der Waals surface area contributed by atoms with Gasteiger partial charge in [-0.25, -0.2) is 0 Å². The van der Waals surface area contributed by atoms with Crippen LogP contribution in [0.3, 0.4) is 0 Å². The number of benzene rings is 2. The lowest BCUT2D eigenvalue weighted by Gasteiger charge is -2.21. The third-order valence-corrected chi connectivity index (χ3v) is 3.95. The van der Waals surface area contributed by atoms with Gasteiger partial charge in [-0.05, 0) is 50.1 Å². The van der Waals surface area contributed by atoms with Crippen molar-refractivity contribution in [2.75, 3.05) is 7.11 Å². The maximum absolute atomic E-state index is 12.4. The van der Waals surface area contributed by atoms with Crippen molar-refractivity contribution in [3.05, 3.63) is 59.7 Å². The van der Waals surface area contributed by atoms with Crippen LogP contribution in [0.2, 0.25) is 0 Å². The van der Waals surface area contributed by atoms with E-state index in [1.54, 1.807) is 14.0 Å². The first kappa shape index (κ1) is 17.9. The molecule has 0 aromatic heterocycles. The van der Waals surface area contributed by atoms with Crippen molar-refractivity contribution in [2.45, 2.75) is 39.3 Å². The number of rotatable bonds is 7. The van der Waals surface area contributed by atoms with Gasteiger partial charge in [0.2, 0.25) is 0 Å². The van der Waals surface area contributed by atoms with Gasteiger partial charge in [-0.3, -0.25) is 4.79 Å². The zero-order chi connectivity index (χ0) is 17.5. The molecule has 2 aromatic carbocycles. The molecule has 0 aliphatic rings. The number of hydrogen-bond donors (Lipinski definition) is 1. The molecule has 0 aliphatic carbocycles. The summed E-state index contributed by atoms with van der Waals surface area (Å²) in [7, 11) is 1.64. The van der Waals surface area contributed by atoms with E-state index >= 15 is 0 Å². The highest BCUT2D eigenvalue weighted by Gasteiger charge is 2.19. The van der Waals surface area contributed by atoms with Gasteiger partial charge in [-0.15, -0.1) is 0 Å². The summed E-state index contributed by atoms with van der Waals surface area (Å²) in [6, 6.07) is 15.4. The van der Waals surface area contributed by atoms with E-state index in [4.69, 9.17) is 9.47 Å². The Morgan fingerprint density at radius 2 is 1.62 bits per heavy atom. The van der Waals surface area contributed by atoms with Crippen molar-refractivity contribution in [3.63, 3.8) is 0 Å². The average Bonchev–Trinajstić information content (AvgIpc) is 2.61. The summed E-state index contributed by atoms with van der Waals surface area (Å²) >= 11 is 0. The maximum Gasteiger partial charge on any atom is 0.261 e. The van der Waals surface area contributed by atoms with Crippen molar-refractivity contribution in [1.29, 1.82) is 0 Å². The van der Waals surface area contributed by atoms with Gasteiger partial charge in [-0.1, -0.05) is 36.8 Å². The molecule has 2 atom stereocenters. The molecule has 128 valence electrons. The lowest BCUT2D eigenvalue weighted by molar-refractivity contribution is -0.128. The van der Waals surface area contributed by atoms with Crippen molar-refractivity contribution >= 4 is 5.91 Å². The van der Waals surface area contributed by atoms with Crippen LogP contribution in [0, 0.1) is 6.92 Å². The van der Waals surface area contributed by atoms with Gasteiger partial charge in [0.15, 0.2) is 6.10 Å². The Morgan fingerprint density at radius 1 is 1.04 bits per heavy atom. The molecule has 0 radical (unpaired) electrons. The minimum absolute atomic E-state index is 0.0486. The fraction of sp³-hybridized carbons (Fsp3) is 0.350. The molecule has 0 saturated heterocycles. The van der Waals surface area contributed by atoms with Crippen LogP contribution in [-0.2, 0) is 4.79 Å². The summed E-state index contributed by atoms with van der Waals surface area (Å²) in [5.41, 5.74) is 2.21. The van der Waals surface area contributed by atoms with E-state index < -0.39 is 6.10 Å². The standard InChI is InChI=1S/C20H25NO3/c1-5-19(16-8-12-17(23-4)13-9-16)21-20(22)15(3)24-18-10-6-14(2)7-11-18/h6-13,15,19H,5H2,1-4H3,(H,21,22)/t15-,19+/m1/s1. The van der Waals surface area contributed by atoms with Crippen LogP contribution in [0.5, 0.6) is 11.5 Å². The Morgan fingerprint density at radius 3 is 2.17 bits per heavy atom. The van der Waals surface area contributed by atoms with E-state index in [1.807, 2.05) is 62.4 Å². The molecule has 24 heavy (non-hydrogen) atoms. The molecular formula is C20H25NO3. The van der Waals surface area contributed by atoms with Crippen molar-refractivity contribution in [3.8, 4) is 11.5 Å². The number of nitrogens with one attached hydrogen (secondary N) is 1. The summed E-state index contributed by atoms with van der Waals surface area (Å²) in [6.07, 6.45) is 0.245. The predicted molar refractivity (Wildman–Crippen MR) is 95.4 cm³/mol. The van der Waals surface area contributed by atoms with Crippen molar-refractivity contribution in [2.24, 2.45) is 0 Å². The maximum atomic E-state index is 12.4. The average molecular weight is 327 g/mol. The second kappa shape index (κ2) is 8.39. The Labute approximate surface area is 143 Å². The highest BCUT2D eigenvalue weighted by Crippen LogP contribution is 2.20. The zero-order valence-corrected chi connectivity index (χ0v) is 14.7. The van der Waals surface area contributed by atoms with Crippen LogP contribution >= 0.6 is 0 Å². The molecule has 0 fully saturated rings. The minimum Gasteiger partial charge on any atom is -0.497 e. The van der Waals surface area contributed by atoms with Gasteiger partial charge < -0.3 is 14.8 Å². The molecule has 0 spiro atoms. The monoisotopic (exact) mass is 327 g/mol. The van der Waals surface area contributed by atoms with Crippen LogP contribution in [0.1, 0.15) is 37.4 Å². The lowest BCUT2D eigenvalue weighted by atomic mass is 10.0. The number of hydrogen-bond acceptors (Lipinski definition) is 3. The fourth-order valence-corrected chi connectivity index (χ4v) is 2.42.